The number of carbonyl (C=O) groups is 1. The molecule has 0 saturated carbocycles. The van der Waals surface area contributed by atoms with Crippen molar-refractivity contribution in [3.8, 4) is 16.9 Å². The van der Waals surface area contributed by atoms with Crippen molar-refractivity contribution in [1.29, 1.82) is 0 Å². The van der Waals surface area contributed by atoms with E-state index in [-0.39, 0.29) is 5.91 Å². The van der Waals surface area contributed by atoms with Crippen molar-refractivity contribution in [2.24, 2.45) is 0 Å². The minimum absolute atomic E-state index is 0.355. The Morgan fingerprint density at radius 3 is 2.44 bits per heavy atom. The Morgan fingerprint density at radius 1 is 1.00 bits per heavy atom. The van der Waals surface area contributed by atoms with Crippen LogP contribution in [0.1, 0.15) is 12.5 Å². The van der Waals surface area contributed by atoms with Crippen molar-refractivity contribution < 1.29 is 22.4 Å². The fourth-order valence-electron chi connectivity index (χ4n) is 3.70. The van der Waals surface area contributed by atoms with Gasteiger partial charge in [0, 0.05) is 34.3 Å². The number of methoxy groups -OCH3 is 1. The number of furan rings is 1. The van der Waals surface area contributed by atoms with Crippen LogP contribution < -0.4 is 14.8 Å². The molecule has 2 N–H and O–H groups in total. The second-order valence-corrected chi connectivity index (χ2v) is 9.58. The third-order valence-electron chi connectivity index (χ3n) is 5.19. The topological polar surface area (TPSA) is 97.6 Å². The van der Waals surface area contributed by atoms with E-state index in [1.807, 2.05) is 49.4 Å². The van der Waals surface area contributed by atoms with E-state index in [2.05, 4.69) is 10.0 Å². The number of hydrogen-bond acceptors (Lipinski definition) is 5. The first kappa shape index (κ1) is 23.1. The summed E-state index contributed by atoms with van der Waals surface area (Å²) in [5.41, 5.74) is 4.95. The van der Waals surface area contributed by atoms with Gasteiger partial charge in [-0.3, -0.25) is 9.52 Å². The number of ether oxygens (including phenoxy) is 1. The maximum Gasteiger partial charge on any atom is 0.248 e. The summed E-state index contributed by atoms with van der Waals surface area (Å²) >= 11 is 0. The van der Waals surface area contributed by atoms with Gasteiger partial charge in [-0.15, -0.1) is 0 Å². The van der Waals surface area contributed by atoms with Crippen LogP contribution in [-0.2, 0) is 14.8 Å². The highest BCUT2D eigenvalue weighted by Gasteiger charge is 2.15. The maximum absolute atomic E-state index is 12.7. The Bertz CT molecular complexity index is 1490. The van der Waals surface area contributed by atoms with E-state index in [4.69, 9.17) is 9.15 Å². The second kappa shape index (κ2) is 9.44. The lowest BCUT2D eigenvalue weighted by Crippen LogP contribution is -2.11. The minimum atomic E-state index is -3.42. The molecule has 0 aliphatic rings. The highest BCUT2D eigenvalue weighted by Crippen LogP contribution is 2.37. The van der Waals surface area contributed by atoms with E-state index in [1.54, 1.807) is 37.6 Å². The molecule has 0 bridgehead atoms. The van der Waals surface area contributed by atoms with Crippen molar-refractivity contribution in [1.82, 2.24) is 0 Å². The lowest BCUT2D eigenvalue weighted by atomic mass is 9.99. The molecule has 0 atom stereocenters. The molecule has 0 aliphatic heterocycles. The standard InChI is InChI=1S/C26H24N2O5S/c1-17(12-26(29)27-19-10-7-11-20(13-19)28-34(3,30)31)21-14-22-23(18-8-5-4-6-9-18)16-33-25(22)15-24(21)32-2/h4-16,28H,1-3H3,(H,27,29)/b17-12+. The number of nitrogens with one attached hydrogen (secondary N) is 2. The first-order valence-electron chi connectivity index (χ1n) is 10.5. The Balaban J connectivity index is 1.64. The van der Waals surface area contributed by atoms with Crippen LogP contribution in [0, 0.1) is 0 Å². The molecule has 0 aliphatic carbocycles. The molecule has 1 amide bonds. The highest BCUT2D eigenvalue weighted by molar-refractivity contribution is 7.92. The van der Waals surface area contributed by atoms with Crippen LogP contribution in [0.15, 0.2) is 83.5 Å². The third-order valence-corrected chi connectivity index (χ3v) is 5.79. The van der Waals surface area contributed by atoms with Gasteiger partial charge in [-0.05, 0) is 42.3 Å². The zero-order valence-electron chi connectivity index (χ0n) is 19.0. The van der Waals surface area contributed by atoms with E-state index in [9.17, 15) is 13.2 Å². The van der Waals surface area contributed by atoms with Crippen LogP contribution >= 0.6 is 0 Å². The molecule has 0 fully saturated rings. The summed E-state index contributed by atoms with van der Waals surface area (Å²) in [6, 6.07) is 20.2. The van der Waals surface area contributed by atoms with Crippen LogP contribution in [0.25, 0.3) is 27.7 Å². The molecule has 0 spiro atoms. The summed E-state index contributed by atoms with van der Waals surface area (Å²) < 4.78 is 36.6. The lowest BCUT2D eigenvalue weighted by molar-refractivity contribution is -0.111. The fraction of sp³-hybridized carbons (Fsp3) is 0.115. The molecular weight excluding hydrogens is 452 g/mol. The monoisotopic (exact) mass is 476 g/mol. The van der Waals surface area contributed by atoms with Crippen LogP contribution in [0.2, 0.25) is 0 Å². The molecule has 1 aromatic heterocycles. The normalized spacial score (nSPS) is 11.9. The molecule has 4 rings (SSSR count). The van der Waals surface area contributed by atoms with Crippen LogP contribution in [0.3, 0.4) is 0 Å². The number of anilines is 2. The molecule has 3 aromatic carbocycles. The van der Waals surface area contributed by atoms with Gasteiger partial charge < -0.3 is 14.5 Å². The number of allylic oxidation sites excluding steroid dienone is 1. The number of hydrogen-bond donors (Lipinski definition) is 2. The van der Waals surface area contributed by atoms with E-state index in [1.165, 1.54) is 6.08 Å². The van der Waals surface area contributed by atoms with Gasteiger partial charge in [0.25, 0.3) is 0 Å². The van der Waals surface area contributed by atoms with Crippen LogP contribution in [0.5, 0.6) is 5.75 Å². The SMILES string of the molecule is COc1cc2occ(-c3ccccc3)c2cc1/C(C)=C/C(=O)Nc1cccc(NS(C)(=O)=O)c1. The maximum atomic E-state index is 12.7. The van der Waals surface area contributed by atoms with E-state index in [0.29, 0.717) is 28.3 Å². The van der Waals surface area contributed by atoms with Crippen molar-refractivity contribution >= 4 is 43.8 Å². The van der Waals surface area contributed by atoms with Gasteiger partial charge in [0.2, 0.25) is 15.9 Å². The van der Waals surface area contributed by atoms with E-state index in [0.717, 1.165) is 28.3 Å². The van der Waals surface area contributed by atoms with Crippen LogP contribution in [-0.4, -0.2) is 27.7 Å². The van der Waals surface area contributed by atoms with E-state index < -0.39 is 10.0 Å². The number of carbonyl (C=O) groups excluding carboxylic acids is 1. The Kier molecular flexibility index (Phi) is 6.43. The summed E-state index contributed by atoms with van der Waals surface area (Å²) in [6.07, 6.45) is 4.26. The molecule has 34 heavy (non-hydrogen) atoms. The molecule has 8 heteroatoms. The van der Waals surface area contributed by atoms with Gasteiger partial charge in [-0.2, -0.15) is 0 Å². The molecule has 174 valence electrons. The molecular formula is C26H24N2O5S. The first-order chi connectivity index (χ1) is 16.2. The predicted molar refractivity (Wildman–Crippen MR) is 135 cm³/mol. The van der Waals surface area contributed by atoms with Gasteiger partial charge in [-0.1, -0.05) is 36.4 Å². The van der Waals surface area contributed by atoms with Gasteiger partial charge in [0.15, 0.2) is 0 Å². The van der Waals surface area contributed by atoms with Crippen molar-refractivity contribution in [2.75, 3.05) is 23.4 Å². The van der Waals surface area contributed by atoms with Gasteiger partial charge in [0.05, 0.1) is 25.3 Å². The Hall–Kier alpha value is -4.04. The van der Waals surface area contributed by atoms with Gasteiger partial charge >= 0.3 is 0 Å². The lowest BCUT2D eigenvalue weighted by Gasteiger charge is -2.11. The summed E-state index contributed by atoms with van der Waals surface area (Å²) in [5.74, 6) is 0.231. The molecule has 0 unspecified atom stereocenters. The molecule has 1 heterocycles. The number of benzene rings is 3. The average Bonchev–Trinajstić information content (AvgIpc) is 3.20. The molecule has 4 aromatic rings. The summed E-state index contributed by atoms with van der Waals surface area (Å²) in [6.45, 7) is 1.83. The summed E-state index contributed by atoms with van der Waals surface area (Å²) in [5, 5.41) is 3.68. The third kappa shape index (κ3) is 5.29. The fourth-order valence-corrected chi connectivity index (χ4v) is 4.26. The summed E-state index contributed by atoms with van der Waals surface area (Å²) in [4.78, 5) is 12.7. The van der Waals surface area contributed by atoms with E-state index >= 15 is 0 Å². The van der Waals surface area contributed by atoms with Gasteiger partial charge in [0.1, 0.15) is 11.3 Å². The minimum Gasteiger partial charge on any atom is -0.496 e. The Labute approximate surface area is 198 Å². The second-order valence-electron chi connectivity index (χ2n) is 7.84. The largest absolute Gasteiger partial charge is 0.496 e. The van der Waals surface area contributed by atoms with Crippen molar-refractivity contribution in [3.05, 3.63) is 84.6 Å². The highest BCUT2D eigenvalue weighted by atomic mass is 32.2. The molecule has 7 nitrogen and oxygen atoms in total. The van der Waals surface area contributed by atoms with Gasteiger partial charge in [-0.25, -0.2) is 8.42 Å². The van der Waals surface area contributed by atoms with Crippen molar-refractivity contribution in [2.45, 2.75) is 6.92 Å². The summed E-state index contributed by atoms with van der Waals surface area (Å²) in [7, 11) is -1.85. The molecule has 0 saturated heterocycles. The van der Waals surface area contributed by atoms with Crippen molar-refractivity contribution in [3.63, 3.8) is 0 Å². The predicted octanol–water partition coefficient (Wildman–Crippen LogP) is 5.52. The molecule has 0 radical (unpaired) electrons. The first-order valence-corrected chi connectivity index (χ1v) is 12.3. The number of amides is 1. The van der Waals surface area contributed by atoms with Crippen LogP contribution in [0.4, 0.5) is 11.4 Å². The zero-order valence-corrected chi connectivity index (χ0v) is 19.8. The number of fused-ring (bicyclic) bond motifs is 1. The number of rotatable bonds is 7. The Morgan fingerprint density at radius 2 is 1.74 bits per heavy atom. The quantitative estimate of drug-likeness (QED) is 0.342. The smallest absolute Gasteiger partial charge is 0.248 e. The number of sulfonamides is 1. The zero-order chi connectivity index (χ0) is 24.3. The average molecular weight is 477 g/mol.